The summed E-state index contributed by atoms with van der Waals surface area (Å²) in [5.41, 5.74) is 1.52. The average molecular weight is 355 g/mol. The SMILES string of the molecule is C=CCN1C(=O)[C@@H](C(C)C)NC12CCN(C(=O)c1ccc(C)cc1)CC2. The van der Waals surface area contributed by atoms with Crippen molar-refractivity contribution in [1.82, 2.24) is 15.1 Å². The molecule has 140 valence electrons. The van der Waals surface area contributed by atoms with Crippen LogP contribution in [0.5, 0.6) is 0 Å². The number of likely N-dealkylation sites (tertiary alicyclic amines) is 1. The largest absolute Gasteiger partial charge is 0.338 e. The first-order valence-electron chi connectivity index (χ1n) is 9.44. The molecule has 0 unspecified atom stereocenters. The van der Waals surface area contributed by atoms with Crippen LogP contribution in [-0.4, -0.2) is 53.0 Å². The second-order valence-electron chi connectivity index (χ2n) is 7.79. The molecule has 1 aromatic carbocycles. The summed E-state index contributed by atoms with van der Waals surface area (Å²) in [6.07, 6.45) is 3.27. The highest BCUT2D eigenvalue weighted by Gasteiger charge is 2.51. The van der Waals surface area contributed by atoms with Gasteiger partial charge < -0.3 is 9.80 Å². The number of benzene rings is 1. The lowest BCUT2D eigenvalue weighted by atomic mass is 9.95. The van der Waals surface area contributed by atoms with Gasteiger partial charge in [0.05, 0.1) is 11.7 Å². The lowest BCUT2D eigenvalue weighted by Gasteiger charge is -2.44. The molecule has 2 fully saturated rings. The molecule has 0 saturated carbocycles. The van der Waals surface area contributed by atoms with Gasteiger partial charge in [-0.05, 0) is 25.0 Å². The smallest absolute Gasteiger partial charge is 0.253 e. The maximum atomic E-state index is 12.8. The van der Waals surface area contributed by atoms with E-state index in [4.69, 9.17) is 0 Å². The fraction of sp³-hybridized carbons (Fsp3) is 0.524. The molecule has 1 atom stereocenters. The zero-order valence-electron chi connectivity index (χ0n) is 16.0. The molecule has 3 rings (SSSR count). The number of amides is 2. The Morgan fingerprint density at radius 2 is 1.92 bits per heavy atom. The van der Waals surface area contributed by atoms with Gasteiger partial charge in [0, 0.05) is 38.0 Å². The van der Waals surface area contributed by atoms with Crippen molar-refractivity contribution >= 4 is 11.8 Å². The quantitative estimate of drug-likeness (QED) is 0.845. The predicted octanol–water partition coefficient (Wildman–Crippen LogP) is 2.57. The summed E-state index contributed by atoms with van der Waals surface area (Å²) >= 11 is 0. The third kappa shape index (κ3) is 3.28. The van der Waals surface area contributed by atoms with Crippen molar-refractivity contribution < 1.29 is 9.59 Å². The summed E-state index contributed by atoms with van der Waals surface area (Å²) in [5, 5.41) is 3.59. The monoisotopic (exact) mass is 355 g/mol. The van der Waals surface area contributed by atoms with Crippen molar-refractivity contribution in [3.05, 3.63) is 48.0 Å². The van der Waals surface area contributed by atoms with E-state index in [1.165, 1.54) is 0 Å². The van der Waals surface area contributed by atoms with Crippen molar-refractivity contribution in [2.45, 2.75) is 45.3 Å². The van der Waals surface area contributed by atoms with Crippen LogP contribution in [0.3, 0.4) is 0 Å². The number of nitrogens with one attached hydrogen (secondary N) is 1. The summed E-state index contributed by atoms with van der Waals surface area (Å²) in [6.45, 7) is 11.8. The average Bonchev–Trinajstić information content (AvgIpc) is 2.89. The number of nitrogens with zero attached hydrogens (tertiary/aromatic N) is 2. The Balaban J connectivity index is 1.73. The molecule has 2 heterocycles. The van der Waals surface area contributed by atoms with Crippen molar-refractivity contribution in [3.8, 4) is 0 Å². The maximum absolute atomic E-state index is 12.8. The van der Waals surface area contributed by atoms with Gasteiger partial charge in [0.15, 0.2) is 0 Å². The van der Waals surface area contributed by atoms with E-state index in [2.05, 4.69) is 25.7 Å². The van der Waals surface area contributed by atoms with E-state index in [0.29, 0.717) is 19.6 Å². The van der Waals surface area contributed by atoms with Gasteiger partial charge in [-0.3, -0.25) is 14.9 Å². The van der Waals surface area contributed by atoms with Crippen LogP contribution in [0.4, 0.5) is 0 Å². The topological polar surface area (TPSA) is 52.7 Å². The molecule has 2 aliphatic heterocycles. The lowest BCUT2D eigenvalue weighted by molar-refractivity contribution is -0.133. The van der Waals surface area contributed by atoms with Crippen LogP contribution in [-0.2, 0) is 4.79 Å². The van der Waals surface area contributed by atoms with Crippen LogP contribution >= 0.6 is 0 Å². The Morgan fingerprint density at radius 1 is 1.31 bits per heavy atom. The highest BCUT2D eigenvalue weighted by Crippen LogP contribution is 2.34. The molecular weight excluding hydrogens is 326 g/mol. The summed E-state index contributed by atoms with van der Waals surface area (Å²) in [5.74, 6) is 0.458. The van der Waals surface area contributed by atoms with Gasteiger partial charge >= 0.3 is 0 Å². The van der Waals surface area contributed by atoms with E-state index in [9.17, 15) is 9.59 Å². The Bertz CT molecular complexity index is 688. The van der Waals surface area contributed by atoms with Crippen LogP contribution in [0.1, 0.15) is 42.6 Å². The van der Waals surface area contributed by atoms with Gasteiger partial charge in [-0.15, -0.1) is 6.58 Å². The Labute approximate surface area is 156 Å². The Kier molecular flexibility index (Phi) is 5.19. The van der Waals surface area contributed by atoms with E-state index >= 15 is 0 Å². The van der Waals surface area contributed by atoms with Crippen molar-refractivity contribution in [1.29, 1.82) is 0 Å². The zero-order chi connectivity index (χ0) is 18.9. The van der Waals surface area contributed by atoms with Crippen LogP contribution in [0.25, 0.3) is 0 Å². The van der Waals surface area contributed by atoms with Gasteiger partial charge in [0.1, 0.15) is 0 Å². The van der Waals surface area contributed by atoms with E-state index in [1.54, 1.807) is 6.08 Å². The number of piperidine rings is 1. The first-order chi connectivity index (χ1) is 12.4. The lowest BCUT2D eigenvalue weighted by Crippen LogP contribution is -2.59. The number of carbonyl (C=O) groups excluding carboxylic acids is 2. The van der Waals surface area contributed by atoms with E-state index in [1.807, 2.05) is 41.0 Å². The summed E-state index contributed by atoms with van der Waals surface area (Å²) in [7, 11) is 0. The van der Waals surface area contributed by atoms with Gasteiger partial charge in [-0.2, -0.15) is 0 Å². The molecule has 5 nitrogen and oxygen atoms in total. The molecule has 5 heteroatoms. The zero-order valence-corrected chi connectivity index (χ0v) is 16.0. The van der Waals surface area contributed by atoms with Crippen molar-refractivity contribution in [2.24, 2.45) is 5.92 Å². The Morgan fingerprint density at radius 3 is 2.46 bits per heavy atom. The van der Waals surface area contributed by atoms with Gasteiger partial charge in [-0.25, -0.2) is 0 Å². The maximum Gasteiger partial charge on any atom is 0.253 e. The van der Waals surface area contributed by atoms with E-state index < -0.39 is 0 Å². The number of rotatable bonds is 4. The molecule has 0 radical (unpaired) electrons. The highest BCUT2D eigenvalue weighted by molar-refractivity contribution is 5.94. The Hall–Kier alpha value is -2.14. The minimum Gasteiger partial charge on any atom is -0.338 e. The van der Waals surface area contributed by atoms with Gasteiger partial charge in [-0.1, -0.05) is 37.6 Å². The normalized spacial score (nSPS) is 22.3. The van der Waals surface area contributed by atoms with Crippen LogP contribution < -0.4 is 5.32 Å². The molecule has 2 saturated heterocycles. The predicted molar refractivity (Wildman–Crippen MR) is 103 cm³/mol. The molecule has 1 aromatic rings. The third-order valence-corrected chi connectivity index (χ3v) is 5.63. The van der Waals surface area contributed by atoms with Crippen molar-refractivity contribution in [2.75, 3.05) is 19.6 Å². The standard InChI is InChI=1S/C21H29N3O2/c1-5-12-24-20(26)18(15(2)3)22-21(24)10-13-23(14-11-21)19(25)17-8-6-16(4)7-9-17/h5-9,15,18,22H,1,10-14H2,2-4H3/t18-/m1/s1. The third-order valence-electron chi connectivity index (χ3n) is 5.63. The summed E-state index contributed by atoms with van der Waals surface area (Å²) in [6, 6.07) is 7.55. The first kappa shape index (κ1) is 18.6. The molecular formula is C21H29N3O2. The summed E-state index contributed by atoms with van der Waals surface area (Å²) < 4.78 is 0. The molecule has 26 heavy (non-hydrogen) atoms. The van der Waals surface area contributed by atoms with E-state index in [0.717, 1.165) is 24.0 Å². The number of hydrogen-bond donors (Lipinski definition) is 1. The highest BCUT2D eigenvalue weighted by atomic mass is 16.2. The minimum absolute atomic E-state index is 0.0693. The van der Waals surface area contributed by atoms with Crippen LogP contribution in [0.2, 0.25) is 0 Å². The van der Waals surface area contributed by atoms with Crippen molar-refractivity contribution in [3.63, 3.8) is 0 Å². The second kappa shape index (κ2) is 7.23. The molecule has 1 N–H and O–H groups in total. The van der Waals surface area contributed by atoms with Gasteiger partial charge in [0.25, 0.3) is 5.91 Å². The minimum atomic E-state index is -0.357. The number of carbonyl (C=O) groups is 2. The van der Waals surface area contributed by atoms with Crippen LogP contribution in [0, 0.1) is 12.8 Å². The molecule has 2 amide bonds. The number of aryl methyl sites for hydroxylation is 1. The summed E-state index contributed by atoms with van der Waals surface area (Å²) in [4.78, 5) is 29.4. The molecule has 2 aliphatic rings. The second-order valence-corrected chi connectivity index (χ2v) is 7.79. The molecule has 0 aromatic heterocycles. The number of hydrogen-bond acceptors (Lipinski definition) is 3. The van der Waals surface area contributed by atoms with Gasteiger partial charge in [0.2, 0.25) is 5.91 Å². The molecule has 0 aliphatic carbocycles. The van der Waals surface area contributed by atoms with E-state index in [-0.39, 0.29) is 29.4 Å². The molecule has 0 bridgehead atoms. The fourth-order valence-electron chi connectivity index (χ4n) is 4.03. The van der Waals surface area contributed by atoms with Crippen LogP contribution in [0.15, 0.2) is 36.9 Å². The molecule has 1 spiro atoms. The fourth-order valence-corrected chi connectivity index (χ4v) is 4.03. The first-order valence-corrected chi connectivity index (χ1v) is 9.44.